The summed E-state index contributed by atoms with van der Waals surface area (Å²) in [6, 6.07) is 9.25. The van der Waals surface area contributed by atoms with Crippen molar-refractivity contribution in [3.8, 4) is 0 Å². The fraction of sp³-hybridized carbons (Fsp3) is 0.267. The molecule has 104 valence electrons. The number of hydrogen-bond donors (Lipinski definition) is 1. The van der Waals surface area contributed by atoms with Crippen LogP contribution in [0, 0.1) is 6.92 Å². The minimum Gasteiger partial charge on any atom is -0.373 e. The van der Waals surface area contributed by atoms with Crippen LogP contribution in [0.4, 0.5) is 5.82 Å². The molecule has 2 rings (SSSR count). The molecule has 0 unspecified atom stereocenters. The summed E-state index contributed by atoms with van der Waals surface area (Å²) in [5.41, 5.74) is 2.44. The third-order valence-corrected chi connectivity index (χ3v) is 2.95. The van der Waals surface area contributed by atoms with E-state index in [1.54, 1.807) is 37.3 Å². The number of hydrogen-bond acceptors (Lipinski definition) is 4. The quantitative estimate of drug-likeness (QED) is 0.924. The van der Waals surface area contributed by atoms with E-state index in [9.17, 15) is 4.79 Å². The molecule has 2 heterocycles. The van der Waals surface area contributed by atoms with Crippen LogP contribution in [0.25, 0.3) is 0 Å². The molecule has 0 aliphatic heterocycles. The smallest absolute Gasteiger partial charge is 0.254 e. The van der Waals surface area contributed by atoms with E-state index in [2.05, 4.69) is 15.3 Å². The van der Waals surface area contributed by atoms with Crippen molar-refractivity contribution in [1.82, 2.24) is 14.9 Å². The largest absolute Gasteiger partial charge is 0.373 e. The van der Waals surface area contributed by atoms with Crippen LogP contribution in [0.5, 0.6) is 0 Å². The van der Waals surface area contributed by atoms with Crippen molar-refractivity contribution >= 4 is 11.7 Å². The zero-order valence-corrected chi connectivity index (χ0v) is 11.9. The predicted octanol–water partition coefficient (Wildman–Crippen LogP) is 2.10. The van der Waals surface area contributed by atoms with Crippen molar-refractivity contribution in [2.24, 2.45) is 0 Å². The fourth-order valence-corrected chi connectivity index (χ4v) is 1.92. The van der Waals surface area contributed by atoms with Gasteiger partial charge in [-0.3, -0.25) is 9.78 Å². The Morgan fingerprint density at radius 1 is 1.35 bits per heavy atom. The van der Waals surface area contributed by atoms with Gasteiger partial charge in [-0.25, -0.2) is 4.98 Å². The maximum Gasteiger partial charge on any atom is 0.254 e. The van der Waals surface area contributed by atoms with Gasteiger partial charge in [0, 0.05) is 31.5 Å². The van der Waals surface area contributed by atoms with Crippen LogP contribution in [-0.2, 0) is 6.54 Å². The number of aryl methyl sites for hydroxylation is 1. The highest BCUT2D eigenvalue weighted by molar-refractivity contribution is 5.94. The van der Waals surface area contributed by atoms with Crippen LogP contribution in [0.15, 0.2) is 36.5 Å². The molecule has 0 atom stereocenters. The zero-order valence-electron chi connectivity index (χ0n) is 11.9. The van der Waals surface area contributed by atoms with Crippen LogP contribution in [0.1, 0.15) is 21.7 Å². The molecular weight excluding hydrogens is 252 g/mol. The average molecular weight is 270 g/mol. The van der Waals surface area contributed by atoms with E-state index in [0.29, 0.717) is 17.9 Å². The molecular formula is C15H18N4O. The number of anilines is 1. The van der Waals surface area contributed by atoms with Crippen LogP contribution >= 0.6 is 0 Å². The molecule has 20 heavy (non-hydrogen) atoms. The van der Waals surface area contributed by atoms with Crippen molar-refractivity contribution < 1.29 is 4.79 Å². The lowest BCUT2D eigenvalue weighted by Crippen LogP contribution is -2.26. The van der Waals surface area contributed by atoms with Crippen molar-refractivity contribution in [2.45, 2.75) is 13.5 Å². The van der Waals surface area contributed by atoms with Crippen LogP contribution in [0.2, 0.25) is 0 Å². The molecule has 2 aromatic heterocycles. The number of nitrogens with one attached hydrogen (secondary N) is 1. The predicted molar refractivity (Wildman–Crippen MR) is 78.6 cm³/mol. The maximum absolute atomic E-state index is 12.3. The number of aromatic nitrogens is 2. The first-order valence-electron chi connectivity index (χ1n) is 6.42. The minimum atomic E-state index is -0.0489. The Labute approximate surface area is 118 Å². The van der Waals surface area contributed by atoms with E-state index in [0.717, 1.165) is 11.4 Å². The topological polar surface area (TPSA) is 58.1 Å². The number of carbonyl (C=O) groups is 1. The first kappa shape index (κ1) is 14.0. The number of pyridine rings is 2. The second kappa shape index (κ2) is 6.14. The van der Waals surface area contributed by atoms with Gasteiger partial charge < -0.3 is 10.2 Å². The Hall–Kier alpha value is -2.43. The molecule has 5 nitrogen and oxygen atoms in total. The summed E-state index contributed by atoms with van der Waals surface area (Å²) in [5, 5.41) is 2.92. The Balaban J connectivity index is 2.12. The summed E-state index contributed by atoms with van der Waals surface area (Å²) in [6.45, 7) is 2.42. The first-order valence-corrected chi connectivity index (χ1v) is 6.42. The summed E-state index contributed by atoms with van der Waals surface area (Å²) in [5.74, 6) is 0.630. The summed E-state index contributed by atoms with van der Waals surface area (Å²) in [7, 11) is 3.54. The van der Waals surface area contributed by atoms with Gasteiger partial charge in [-0.2, -0.15) is 0 Å². The second-order valence-electron chi connectivity index (χ2n) is 4.61. The van der Waals surface area contributed by atoms with Gasteiger partial charge in [0.05, 0.1) is 12.2 Å². The molecule has 0 aliphatic rings. The Morgan fingerprint density at radius 2 is 2.15 bits per heavy atom. The molecule has 0 saturated carbocycles. The van der Waals surface area contributed by atoms with Gasteiger partial charge in [0.25, 0.3) is 5.91 Å². The third kappa shape index (κ3) is 3.32. The van der Waals surface area contributed by atoms with Crippen molar-refractivity contribution in [3.63, 3.8) is 0 Å². The molecule has 1 amide bonds. The van der Waals surface area contributed by atoms with Crippen molar-refractivity contribution in [1.29, 1.82) is 0 Å². The third-order valence-electron chi connectivity index (χ3n) is 2.95. The van der Waals surface area contributed by atoms with E-state index < -0.39 is 0 Å². The van der Waals surface area contributed by atoms with E-state index in [-0.39, 0.29) is 5.91 Å². The Bertz CT molecular complexity index is 612. The lowest BCUT2D eigenvalue weighted by molar-refractivity contribution is 0.0783. The van der Waals surface area contributed by atoms with Crippen LogP contribution < -0.4 is 5.32 Å². The van der Waals surface area contributed by atoms with Gasteiger partial charge in [-0.15, -0.1) is 0 Å². The van der Waals surface area contributed by atoms with Gasteiger partial charge in [0.2, 0.25) is 0 Å². The molecule has 0 fully saturated rings. The van der Waals surface area contributed by atoms with Gasteiger partial charge in [-0.1, -0.05) is 6.07 Å². The number of carbonyl (C=O) groups excluding carboxylic acids is 1. The van der Waals surface area contributed by atoms with E-state index in [1.165, 1.54) is 0 Å². The van der Waals surface area contributed by atoms with Crippen molar-refractivity contribution in [2.75, 3.05) is 19.4 Å². The van der Waals surface area contributed by atoms with Crippen molar-refractivity contribution in [3.05, 3.63) is 53.5 Å². The normalized spacial score (nSPS) is 10.2. The van der Waals surface area contributed by atoms with Gasteiger partial charge in [-0.05, 0) is 31.2 Å². The molecule has 0 aliphatic carbocycles. The van der Waals surface area contributed by atoms with E-state index in [1.807, 2.05) is 25.1 Å². The fourth-order valence-electron chi connectivity index (χ4n) is 1.92. The van der Waals surface area contributed by atoms with E-state index in [4.69, 9.17) is 0 Å². The van der Waals surface area contributed by atoms with Gasteiger partial charge in [0.1, 0.15) is 5.82 Å². The Morgan fingerprint density at radius 3 is 2.85 bits per heavy atom. The number of rotatable bonds is 4. The van der Waals surface area contributed by atoms with E-state index >= 15 is 0 Å². The molecule has 2 aromatic rings. The molecule has 1 N–H and O–H groups in total. The lowest BCUT2D eigenvalue weighted by Gasteiger charge is -2.17. The number of nitrogens with zero attached hydrogens (tertiary/aromatic N) is 3. The van der Waals surface area contributed by atoms with Gasteiger partial charge in [0.15, 0.2) is 0 Å². The standard InChI is InChI=1S/C15H18N4O/c1-11-5-4-6-13(18-11)10-19(3)15(20)12-7-8-17-14(9-12)16-2/h4-9H,10H2,1-3H3,(H,16,17). The van der Waals surface area contributed by atoms with Crippen LogP contribution in [0.3, 0.4) is 0 Å². The highest BCUT2D eigenvalue weighted by Crippen LogP contribution is 2.10. The first-order chi connectivity index (χ1) is 9.60. The number of amides is 1. The molecule has 0 radical (unpaired) electrons. The summed E-state index contributed by atoms with van der Waals surface area (Å²) in [4.78, 5) is 22.5. The SMILES string of the molecule is CNc1cc(C(=O)N(C)Cc2cccc(C)n2)ccn1. The lowest BCUT2D eigenvalue weighted by atomic mass is 10.2. The maximum atomic E-state index is 12.3. The summed E-state index contributed by atoms with van der Waals surface area (Å²) >= 11 is 0. The molecule has 0 aromatic carbocycles. The minimum absolute atomic E-state index is 0.0489. The molecule has 0 bridgehead atoms. The van der Waals surface area contributed by atoms with Gasteiger partial charge >= 0.3 is 0 Å². The highest BCUT2D eigenvalue weighted by Gasteiger charge is 2.13. The Kier molecular flexibility index (Phi) is 4.30. The molecule has 5 heteroatoms. The second-order valence-corrected chi connectivity index (χ2v) is 4.61. The average Bonchev–Trinajstić information content (AvgIpc) is 2.46. The highest BCUT2D eigenvalue weighted by atomic mass is 16.2. The molecule has 0 saturated heterocycles. The van der Waals surface area contributed by atoms with Crippen LogP contribution in [-0.4, -0.2) is 34.9 Å². The monoisotopic (exact) mass is 270 g/mol. The molecule has 0 spiro atoms. The summed E-state index contributed by atoms with van der Waals surface area (Å²) < 4.78 is 0. The summed E-state index contributed by atoms with van der Waals surface area (Å²) in [6.07, 6.45) is 1.62. The zero-order chi connectivity index (χ0) is 14.5.